The first-order valence-electron chi connectivity index (χ1n) is 9.08. The van der Waals surface area contributed by atoms with Gasteiger partial charge in [-0.2, -0.15) is 8.42 Å². The van der Waals surface area contributed by atoms with Gasteiger partial charge in [0.15, 0.2) is 0 Å². The van der Waals surface area contributed by atoms with Crippen LogP contribution in [0.3, 0.4) is 0 Å². The molecule has 0 unspecified atom stereocenters. The van der Waals surface area contributed by atoms with Crippen LogP contribution in [-0.4, -0.2) is 133 Å². The van der Waals surface area contributed by atoms with E-state index in [1.165, 1.54) is 54.8 Å². The number of hydrogen-bond donors (Lipinski definition) is 1. The van der Waals surface area contributed by atoms with Gasteiger partial charge in [0.25, 0.3) is 10.1 Å². The van der Waals surface area contributed by atoms with Crippen molar-refractivity contribution in [2.75, 3.05) is 42.7 Å². The van der Waals surface area contributed by atoms with E-state index in [0.29, 0.717) is 0 Å². The summed E-state index contributed by atoms with van der Waals surface area (Å²) in [5.41, 5.74) is 0. The molecular formula is C12H22O15SSi8. The van der Waals surface area contributed by atoms with Crippen LogP contribution in [0.1, 0.15) is 0 Å². The fourth-order valence-corrected chi connectivity index (χ4v) is 15.6. The molecule has 36 heavy (non-hydrogen) atoms. The topological polar surface area (TPSA) is 165 Å². The summed E-state index contributed by atoms with van der Waals surface area (Å²) in [6.45, 7) is 0. The first-order valence-corrected chi connectivity index (χ1v) is 18.9. The third-order valence-electron chi connectivity index (χ3n) is 3.50. The maximum atomic E-state index is 12.6. The van der Waals surface area contributed by atoms with Crippen molar-refractivity contribution in [2.24, 2.45) is 0 Å². The predicted molar refractivity (Wildman–Crippen MR) is 130 cm³/mol. The van der Waals surface area contributed by atoms with Crippen LogP contribution in [0.15, 0.2) is 23.1 Å². The second-order valence-electron chi connectivity index (χ2n) is 5.64. The summed E-state index contributed by atoms with van der Waals surface area (Å²) in [5.74, 6) is 0. The monoisotopic (exact) mass is 662 g/mol. The van der Waals surface area contributed by atoms with Crippen LogP contribution < -0.4 is 10.4 Å². The summed E-state index contributed by atoms with van der Waals surface area (Å²) < 4.78 is 100. The molecule has 0 aliphatic heterocycles. The molecule has 0 saturated heterocycles. The van der Waals surface area contributed by atoms with E-state index in [2.05, 4.69) is 0 Å². The Balaban J connectivity index is 3.84. The Morgan fingerprint density at radius 3 is 1.25 bits per heavy atom. The van der Waals surface area contributed by atoms with E-state index < -0.39 is 92.7 Å². The lowest BCUT2D eigenvalue weighted by atomic mass is 10.4. The molecule has 1 aromatic carbocycles. The van der Waals surface area contributed by atoms with Crippen LogP contribution in [0.5, 0.6) is 0 Å². The molecule has 0 heterocycles. The van der Waals surface area contributed by atoms with Gasteiger partial charge in [-0.05, 0) is 6.07 Å². The fourth-order valence-electron chi connectivity index (χ4n) is 2.22. The van der Waals surface area contributed by atoms with Crippen molar-refractivity contribution >= 4 is 98.1 Å². The summed E-state index contributed by atoms with van der Waals surface area (Å²) in [5, 5.41) is 0.0471. The van der Waals surface area contributed by atoms with Crippen molar-refractivity contribution in [1.29, 1.82) is 0 Å². The molecule has 0 amide bonds. The average molecular weight is 663 g/mol. The Morgan fingerprint density at radius 2 is 0.944 bits per heavy atom. The molecular weight excluding hydrogens is 641 g/mol. The Kier molecular flexibility index (Phi) is 17.1. The molecule has 12 radical (unpaired) electrons. The van der Waals surface area contributed by atoms with Gasteiger partial charge in [-0.25, -0.2) is 0 Å². The third-order valence-corrected chi connectivity index (χ3v) is 16.1. The Labute approximate surface area is 227 Å². The largest absolute Gasteiger partial charge is 0.511 e. The zero-order valence-corrected chi connectivity index (χ0v) is 28.6. The first-order chi connectivity index (χ1) is 17.2. The second-order valence-corrected chi connectivity index (χ2v) is 18.7. The molecule has 1 aromatic rings. The molecule has 0 aliphatic carbocycles. The molecule has 0 fully saturated rings. The zero-order chi connectivity index (χ0) is 27.1. The van der Waals surface area contributed by atoms with Gasteiger partial charge in [0, 0.05) is 53.0 Å². The highest BCUT2D eigenvalue weighted by Crippen LogP contribution is 2.18. The fraction of sp³-hybridized carbons (Fsp3) is 0.500. The van der Waals surface area contributed by atoms with E-state index in [4.69, 9.17) is 51.2 Å². The van der Waals surface area contributed by atoms with Gasteiger partial charge in [0.2, 0.25) is 0 Å². The van der Waals surface area contributed by atoms with Crippen LogP contribution >= 0.6 is 0 Å². The molecule has 0 saturated carbocycles. The summed E-state index contributed by atoms with van der Waals surface area (Å²) in [7, 11) is -7.95. The maximum Gasteiger partial charge on any atom is 0.511 e. The molecule has 1 rings (SSSR count). The van der Waals surface area contributed by atoms with E-state index in [1.54, 1.807) is 0 Å². The van der Waals surface area contributed by atoms with E-state index in [0.717, 1.165) is 6.07 Å². The van der Waals surface area contributed by atoms with Crippen molar-refractivity contribution < 1.29 is 64.2 Å². The molecule has 0 aromatic heterocycles. The van der Waals surface area contributed by atoms with Crippen LogP contribution in [0, 0.1) is 0 Å². The maximum absolute atomic E-state index is 12.6. The summed E-state index contributed by atoms with van der Waals surface area (Å²) in [4.78, 5) is -0.593. The SMILES string of the molecule is CO[Si]O[Si](O[Si]OC)(O[Si]OC)c1ccc([Si](O[Si]OC)(O[Si]OC)O[Si]OC)c(S(=O)(=O)O)c1. The summed E-state index contributed by atoms with van der Waals surface area (Å²) in [6.07, 6.45) is 0. The highest BCUT2D eigenvalue weighted by Gasteiger charge is 2.51. The zero-order valence-electron chi connectivity index (χ0n) is 19.8. The molecule has 1 N–H and O–H groups in total. The highest BCUT2D eigenvalue weighted by atomic mass is 32.2. The van der Waals surface area contributed by atoms with E-state index >= 15 is 0 Å². The third kappa shape index (κ3) is 10.2. The number of benzene rings is 1. The smallest absolute Gasteiger partial charge is 0.396 e. The first kappa shape index (κ1) is 34.4. The minimum Gasteiger partial charge on any atom is -0.396 e. The van der Waals surface area contributed by atoms with Gasteiger partial charge in [0.05, 0.1) is 0 Å². The molecule has 0 aliphatic rings. The molecule has 24 heteroatoms. The quantitative estimate of drug-likeness (QED) is 0.101. The normalized spacial score (nSPS) is 12.9. The van der Waals surface area contributed by atoms with E-state index in [-0.39, 0.29) is 10.4 Å². The van der Waals surface area contributed by atoms with Crippen molar-refractivity contribution in [2.45, 2.75) is 4.90 Å². The van der Waals surface area contributed by atoms with Crippen molar-refractivity contribution in [3.8, 4) is 0 Å². The lowest BCUT2D eigenvalue weighted by molar-refractivity contribution is 0.218. The van der Waals surface area contributed by atoms with Gasteiger partial charge in [-0.3, -0.25) is 4.55 Å². The molecule has 0 bridgehead atoms. The van der Waals surface area contributed by atoms with Gasteiger partial charge in [-0.15, -0.1) is 0 Å². The standard InChI is InChI=1S/C12H22O15SSi8/c1-16-29-22-35(23-30-17-2,24-31-18-3)10-7-8-12(11(9-10)28(13,14)15)36(25-32-19-4,26-33-20-5)27-34-21-6/h7-9H,1-6H3,(H,13,14,15). The van der Waals surface area contributed by atoms with E-state index in [9.17, 15) is 13.0 Å². The minimum atomic E-state index is -4.89. The summed E-state index contributed by atoms with van der Waals surface area (Å²) in [6, 6.07) is 3.93. The van der Waals surface area contributed by atoms with Crippen molar-refractivity contribution in [1.82, 2.24) is 0 Å². The van der Waals surface area contributed by atoms with Crippen LogP contribution in [0.4, 0.5) is 0 Å². The van der Waals surface area contributed by atoms with Crippen molar-refractivity contribution in [3.63, 3.8) is 0 Å². The Bertz CT molecular complexity index is 823. The van der Waals surface area contributed by atoms with Gasteiger partial charge >= 0.3 is 77.6 Å². The highest BCUT2D eigenvalue weighted by molar-refractivity contribution is 7.86. The van der Waals surface area contributed by atoms with Crippen LogP contribution in [0.25, 0.3) is 0 Å². The minimum absolute atomic E-state index is 0.104. The van der Waals surface area contributed by atoms with Gasteiger partial charge in [-0.1, -0.05) is 12.1 Å². The van der Waals surface area contributed by atoms with Crippen LogP contribution in [0.2, 0.25) is 0 Å². The Morgan fingerprint density at radius 1 is 0.611 bits per heavy atom. The molecule has 15 nitrogen and oxygen atoms in total. The molecule has 198 valence electrons. The lowest BCUT2D eigenvalue weighted by Gasteiger charge is -2.31. The Hall–Kier alpha value is 0.385. The van der Waals surface area contributed by atoms with Crippen LogP contribution in [-0.2, 0) is 61.4 Å². The second kappa shape index (κ2) is 17.9. The summed E-state index contributed by atoms with van der Waals surface area (Å²) >= 11 is 0. The van der Waals surface area contributed by atoms with Gasteiger partial charge < -0.3 is 51.2 Å². The predicted octanol–water partition coefficient (Wildman–Crippen LogP) is -3.59. The van der Waals surface area contributed by atoms with E-state index in [1.807, 2.05) is 0 Å². The molecule has 0 atom stereocenters. The molecule has 0 spiro atoms. The number of hydrogen-bond acceptors (Lipinski definition) is 14. The lowest BCUT2D eigenvalue weighted by Crippen LogP contribution is -2.63. The van der Waals surface area contributed by atoms with Gasteiger partial charge in [0.1, 0.15) is 4.90 Å². The average Bonchev–Trinajstić information content (AvgIpc) is 2.87. The van der Waals surface area contributed by atoms with Crippen molar-refractivity contribution in [3.05, 3.63) is 18.2 Å². The number of rotatable bonds is 21.